The van der Waals surface area contributed by atoms with Gasteiger partial charge in [-0.3, -0.25) is 14.4 Å². The first-order valence-corrected chi connectivity index (χ1v) is 5.66. The van der Waals surface area contributed by atoms with Crippen LogP contribution in [-0.2, 0) is 19.2 Å². The van der Waals surface area contributed by atoms with E-state index < -0.39 is 29.7 Å². The molecule has 0 rings (SSSR count). The van der Waals surface area contributed by atoms with Crippen LogP contribution in [0.1, 0.15) is 13.3 Å². The predicted molar refractivity (Wildman–Crippen MR) is 64.9 cm³/mol. The van der Waals surface area contributed by atoms with Crippen LogP contribution in [0, 0.1) is 0 Å². The van der Waals surface area contributed by atoms with Crippen molar-refractivity contribution < 1.29 is 24.3 Å². The van der Waals surface area contributed by atoms with Gasteiger partial charge in [-0.1, -0.05) is 6.92 Å². The summed E-state index contributed by atoms with van der Waals surface area (Å²) in [6.07, 6.45) is 0.238. The summed E-state index contributed by atoms with van der Waals surface area (Å²) in [6.45, 7) is 0.727. The van der Waals surface area contributed by atoms with Crippen LogP contribution >= 0.6 is 0 Å². The highest BCUT2D eigenvalue weighted by molar-refractivity contribution is 5.90. The Morgan fingerprint density at radius 2 is 1.58 bits per heavy atom. The van der Waals surface area contributed by atoms with Crippen molar-refractivity contribution in [1.82, 2.24) is 16.0 Å². The number of nitrogens with one attached hydrogen (secondary N) is 3. The van der Waals surface area contributed by atoms with Gasteiger partial charge in [-0.15, -0.1) is 0 Å². The standard InChI is InChI=1S/C10H18N4O5/c1-2-6(10(18)19)14-9(17)5-13-8(16)4-12-7(15)3-11/h6H,2-5,11H2,1H3,(H,12,15)(H,13,16)(H,14,17)(H,18,19). The fourth-order valence-corrected chi connectivity index (χ4v) is 1.08. The van der Waals surface area contributed by atoms with Crippen molar-refractivity contribution in [2.75, 3.05) is 19.6 Å². The van der Waals surface area contributed by atoms with Gasteiger partial charge in [0.05, 0.1) is 19.6 Å². The molecule has 1 unspecified atom stereocenters. The van der Waals surface area contributed by atoms with E-state index in [1.54, 1.807) is 6.92 Å². The summed E-state index contributed by atoms with van der Waals surface area (Å²) >= 11 is 0. The van der Waals surface area contributed by atoms with Gasteiger partial charge in [0.1, 0.15) is 6.04 Å². The molecule has 108 valence electrons. The number of rotatable bonds is 8. The monoisotopic (exact) mass is 274 g/mol. The highest BCUT2D eigenvalue weighted by atomic mass is 16.4. The Hall–Kier alpha value is -2.16. The lowest BCUT2D eigenvalue weighted by atomic mass is 10.2. The molecular weight excluding hydrogens is 256 g/mol. The molecule has 0 fully saturated rings. The van der Waals surface area contributed by atoms with E-state index in [0.717, 1.165) is 0 Å². The molecule has 9 heteroatoms. The van der Waals surface area contributed by atoms with Gasteiger partial charge in [0.15, 0.2) is 0 Å². The molecule has 9 nitrogen and oxygen atoms in total. The lowest BCUT2D eigenvalue weighted by molar-refractivity contribution is -0.141. The first kappa shape index (κ1) is 16.8. The van der Waals surface area contributed by atoms with E-state index in [0.29, 0.717) is 0 Å². The average molecular weight is 274 g/mol. The fraction of sp³-hybridized carbons (Fsp3) is 0.600. The third-order valence-corrected chi connectivity index (χ3v) is 2.12. The second-order valence-electron chi connectivity index (χ2n) is 3.62. The van der Waals surface area contributed by atoms with E-state index >= 15 is 0 Å². The number of hydrogen-bond acceptors (Lipinski definition) is 5. The Bertz CT molecular complexity index is 358. The summed E-state index contributed by atoms with van der Waals surface area (Å²) in [5.41, 5.74) is 5.02. The van der Waals surface area contributed by atoms with Crippen LogP contribution in [0.25, 0.3) is 0 Å². The molecule has 0 saturated heterocycles. The Morgan fingerprint density at radius 1 is 1.05 bits per heavy atom. The highest BCUT2D eigenvalue weighted by Crippen LogP contribution is 1.89. The highest BCUT2D eigenvalue weighted by Gasteiger charge is 2.17. The molecule has 0 aromatic heterocycles. The molecule has 3 amide bonds. The van der Waals surface area contributed by atoms with Gasteiger partial charge in [-0.05, 0) is 6.42 Å². The minimum Gasteiger partial charge on any atom is -0.480 e. The van der Waals surface area contributed by atoms with Crippen LogP contribution in [0.3, 0.4) is 0 Å². The maximum Gasteiger partial charge on any atom is 0.326 e. The molecule has 0 saturated carbocycles. The summed E-state index contributed by atoms with van der Waals surface area (Å²) in [5, 5.41) is 15.4. The minimum atomic E-state index is -1.14. The SMILES string of the molecule is CCC(NC(=O)CNC(=O)CNC(=O)CN)C(=O)O. The second kappa shape index (κ2) is 8.86. The number of aliphatic carboxylic acids is 1. The van der Waals surface area contributed by atoms with E-state index in [1.165, 1.54) is 0 Å². The van der Waals surface area contributed by atoms with Crippen molar-refractivity contribution in [3.05, 3.63) is 0 Å². The van der Waals surface area contributed by atoms with E-state index in [2.05, 4.69) is 16.0 Å². The van der Waals surface area contributed by atoms with Crippen LogP contribution in [0.15, 0.2) is 0 Å². The first-order valence-electron chi connectivity index (χ1n) is 5.66. The molecule has 1 atom stereocenters. The number of hydrogen-bond donors (Lipinski definition) is 5. The quantitative estimate of drug-likeness (QED) is 0.321. The van der Waals surface area contributed by atoms with E-state index in [-0.39, 0.29) is 26.1 Å². The molecule has 0 aromatic rings. The molecule has 0 aliphatic rings. The van der Waals surface area contributed by atoms with Gasteiger partial charge in [-0.25, -0.2) is 4.79 Å². The van der Waals surface area contributed by atoms with Crippen molar-refractivity contribution in [3.63, 3.8) is 0 Å². The van der Waals surface area contributed by atoms with E-state index in [4.69, 9.17) is 10.8 Å². The largest absolute Gasteiger partial charge is 0.480 e. The van der Waals surface area contributed by atoms with Gasteiger partial charge < -0.3 is 26.8 Å². The van der Waals surface area contributed by atoms with E-state index in [9.17, 15) is 19.2 Å². The molecule has 19 heavy (non-hydrogen) atoms. The minimum absolute atomic E-state index is 0.232. The zero-order valence-electron chi connectivity index (χ0n) is 10.6. The number of carboxylic acid groups (broad SMARTS) is 1. The number of carboxylic acids is 1. The van der Waals surface area contributed by atoms with Crippen molar-refractivity contribution in [1.29, 1.82) is 0 Å². The Labute approximate surface area is 109 Å². The molecular formula is C10H18N4O5. The second-order valence-corrected chi connectivity index (χ2v) is 3.62. The number of carbonyl (C=O) groups is 4. The maximum absolute atomic E-state index is 11.3. The molecule has 0 aromatic carbocycles. The van der Waals surface area contributed by atoms with E-state index in [1.807, 2.05) is 0 Å². The maximum atomic E-state index is 11.3. The molecule has 0 radical (unpaired) electrons. The number of carbonyl (C=O) groups excluding carboxylic acids is 3. The normalized spacial score (nSPS) is 11.3. The Balaban J connectivity index is 3.92. The fourth-order valence-electron chi connectivity index (χ4n) is 1.08. The van der Waals surface area contributed by atoms with Gasteiger partial charge in [0.2, 0.25) is 17.7 Å². The molecule has 0 bridgehead atoms. The summed E-state index contributed by atoms with van der Waals surface area (Å²) in [4.78, 5) is 43.9. The van der Waals surface area contributed by atoms with Gasteiger partial charge >= 0.3 is 5.97 Å². The third kappa shape index (κ3) is 7.71. The van der Waals surface area contributed by atoms with Gasteiger partial charge in [-0.2, -0.15) is 0 Å². The smallest absolute Gasteiger partial charge is 0.326 e. The molecule has 6 N–H and O–H groups in total. The zero-order valence-corrected chi connectivity index (χ0v) is 10.6. The van der Waals surface area contributed by atoms with Crippen molar-refractivity contribution >= 4 is 23.7 Å². The topological polar surface area (TPSA) is 151 Å². The van der Waals surface area contributed by atoms with Crippen molar-refractivity contribution in [2.45, 2.75) is 19.4 Å². The molecule has 0 aliphatic heterocycles. The Kier molecular flexibility index (Phi) is 7.85. The van der Waals surface area contributed by atoms with Crippen LogP contribution in [-0.4, -0.2) is 54.5 Å². The first-order chi connectivity index (χ1) is 8.90. The van der Waals surface area contributed by atoms with Crippen LogP contribution in [0.5, 0.6) is 0 Å². The Morgan fingerprint density at radius 3 is 2.05 bits per heavy atom. The number of amides is 3. The lowest BCUT2D eigenvalue weighted by Crippen LogP contribution is -2.47. The van der Waals surface area contributed by atoms with Crippen molar-refractivity contribution in [3.8, 4) is 0 Å². The predicted octanol–water partition coefficient (Wildman–Crippen LogP) is -2.84. The third-order valence-electron chi connectivity index (χ3n) is 2.12. The molecule has 0 aliphatic carbocycles. The van der Waals surface area contributed by atoms with Crippen molar-refractivity contribution in [2.24, 2.45) is 5.73 Å². The lowest BCUT2D eigenvalue weighted by Gasteiger charge is -2.12. The summed E-state index contributed by atoms with van der Waals surface area (Å²) in [5.74, 6) is -2.82. The van der Waals surface area contributed by atoms with Crippen LogP contribution in [0.2, 0.25) is 0 Å². The van der Waals surface area contributed by atoms with Crippen LogP contribution < -0.4 is 21.7 Å². The summed E-state index contributed by atoms with van der Waals surface area (Å²) < 4.78 is 0. The number of nitrogens with two attached hydrogens (primary N) is 1. The molecule has 0 heterocycles. The van der Waals surface area contributed by atoms with Gasteiger partial charge in [0.25, 0.3) is 0 Å². The summed E-state index contributed by atoms with van der Waals surface area (Å²) in [6, 6.07) is -0.985. The van der Waals surface area contributed by atoms with Gasteiger partial charge in [0, 0.05) is 0 Å². The zero-order chi connectivity index (χ0) is 14.8. The van der Waals surface area contributed by atoms with Crippen LogP contribution in [0.4, 0.5) is 0 Å². The average Bonchev–Trinajstić information content (AvgIpc) is 2.39. The molecule has 0 spiro atoms. The summed E-state index contributed by atoms with van der Waals surface area (Å²) in [7, 11) is 0.